The molecule has 13 nitrogen and oxygen atoms in total. The third-order valence-electron chi connectivity index (χ3n) is 6.53. The first kappa shape index (κ1) is 44.6. The maximum atomic E-state index is 11.9. The van der Waals surface area contributed by atoms with Crippen LogP contribution in [0, 0.1) is 10.1 Å². The van der Waals surface area contributed by atoms with Crippen LogP contribution < -0.4 is 30.3 Å². The Hall–Kier alpha value is -4.76. The quantitative estimate of drug-likeness (QED) is 0.0369. The molecule has 8 N–H and O–H groups in total. The molecule has 0 atom stereocenters. The van der Waals surface area contributed by atoms with Crippen LogP contribution in [-0.2, 0) is 31.4 Å². The molecule has 0 unspecified atom stereocenters. The first-order chi connectivity index (χ1) is 26.5. The fourth-order valence-electron chi connectivity index (χ4n) is 4.00. The molecule has 0 fully saturated rings. The molecule has 0 radical (unpaired) electrons. The molecule has 0 aromatic heterocycles. The Bertz CT molecular complexity index is 1970. The van der Waals surface area contributed by atoms with E-state index < -0.39 is 20.4 Å². The van der Waals surface area contributed by atoms with Crippen LogP contribution in [0.15, 0.2) is 186 Å². The summed E-state index contributed by atoms with van der Waals surface area (Å²) >= 11 is 2.15. The lowest BCUT2D eigenvalue weighted by Gasteiger charge is -2.14. The van der Waals surface area contributed by atoms with Crippen molar-refractivity contribution >= 4 is 45.1 Å². The minimum Gasteiger partial charge on any atom is -0.405 e. The van der Waals surface area contributed by atoms with E-state index in [4.69, 9.17) is 39.4 Å². The second kappa shape index (κ2) is 24.6. The molecular formula is C38H41N5O8P2S2. The molecular weight excluding hydrogens is 781 g/mol. The van der Waals surface area contributed by atoms with E-state index in [0.29, 0.717) is 16.4 Å². The Morgan fingerprint density at radius 2 is 0.873 bits per heavy atom. The highest BCUT2D eigenvalue weighted by atomic mass is 32.2. The van der Waals surface area contributed by atoms with Crippen LogP contribution in [0.2, 0.25) is 0 Å². The largest absolute Gasteiger partial charge is 0.510 e. The van der Waals surface area contributed by atoms with Gasteiger partial charge in [-0.1, -0.05) is 127 Å². The number of rotatable bonds is 13. The summed E-state index contributed by atoms with van der Waals surface area (Å²) in [6.07, 6.45) is 0. The van der Waals surface area contributed by atoms with E-state index in [2.05, 4.69) is 0 Å². The Morgan fingerprint density at radius 3 is 1.22 bits per heavy atom. The first-order valence-electron chi connectivity index (χ1n) is 16.2. The SMILES string of the molecule is NP(=O)(OCc1ccccc1)OCc1ccccc1.NP(=O)(Oc1ccccc1)Oc1ccccc1.NSc1ccccc1.NSc1ccccc1[N+](=O)[O-]. The number of nitro benzene ring substituents is 1. The molecule has 0 spiro atoms. The van der Waals surface area contributed by atoms with Crippen LogP contribution >= 0.6 is 39.4 Å². The average Bonchev–Trinajstić information content (AvgIpc) is 3.21. The summed E-state index contributed by atoms with van der Waals surface area (Å²) in [6, 6.07) is 52.4. The van der Waals surface area contributed by atoms with Gasteiger partial charge >= 0.3 is 15.5 Å². The molecule has 0 aliphatic heterocycles. The van der Waals surface area contributed by atoms with Crippen LogP contribution in [0.25, 0.3) is 0 Å². The number of hydrogen-bond acceptors (Lipinski definition) is 12. The fourth-order valence-corrected chi connectivity index (χ4v) is 6.33. The highest BCUT2D eigenvalue weighted by Gasteiger charge is 2.21. The molecule has 0 heterocycles. The third kappa shape index (κ3) is 18.9. The lowest BCUT2D eigenvalue weighted by Crippen LogP contribution is -2.08. The van der Waals surface area contributed by atoms with Crippen molar-refractivity contribution in [2.24, 2.45) is 21.3 Å². The molecule has 55 heavy (non-hydrogen) atoms. The van der Waals surface area contributed by atoms with Gasteiger partial charge in [-0.2, -0.15) is 0 Å². The zero-order valence-corrected chi connectivity index (χ0v) is 32.8. The highest BCUT2D eigenvalue weighted by molar-refractivity contribution is 7.97. The minimum absolute atomic E-state index is 0.0556. The Labute approximate surface area is 328 Å². The van der Waals surface area contributed by atoms with Gasteiger partial charge in [0.05, 0.1) is 18.1 Å². The number of nitrogens with zero attached hydrogens (tertiary/aromatic N) is 1. The van der Waals surface area contributed by atoms with Crippen molar-refractivity contribution in [1.82, 2.24) is 0 Å². The third-order valence-corrected chi connectivity index (χ3v) is 9.58. The van der Waals surface area contributed by atoms with Crippen molar-refractivity contribution in [3.8, 4) is 11.5 Å². The van der Waals surface area contributed by atoms with E-state index in [1.165, 1.54) is 18.0 Å². The zero-order chi connectivity index (χ0) is 39.8. The Morgan fingerprint density at radius 1 is 0.509 bits per heavy atom. The molecule has 6 rings (SSSR count). The van der Waals surface area contributed by atoms with Crippen molar-refractivity contribution in [2.75, 3.05) is 0 Å². The van der Waals surface area contributed by atoms with E-state index in [-0.39, 0.29) is 18.9 Å². The van der Waals surface area contributed by atoms with Gasteiger partial charge in [-0.25, -0.2) is 20.1 Å². The summed E-state index contributed by atoms with van der Waals surface area (Å²) in [6.45, 7) is 0.340. The number of nitro groups is 1. The molecule has 0 aliphatic rings. The van der Waals surface area contributed by atoms with Gasteiger partial charge in [0.2, 0.25) is 0 Å². The predicted molar refractivity (Wildman–Crippen MR) is 220 cm³/mol. The average molecular weight is 822 g/mol. The van der Waals surface area contributed by atoms with Gasteiger partial charge < -0.3 is 9.05 Å². The molecule has 0 amide bonds. The molecule has 0 saturated carbocycles. The smallest absolute Gasteiger partial charge is 0.405 e. The lowest BCUT2D eigenvalue weighted by molar-refractivity contribution is -0.387. The maximum absolute atomic E-state index is 11.9. The van der Waals surface area contributed by atoms with Gasteiger partial charge in [0, 0.05) is 11.0 Å². The molecule has 0 bridgehead atoms. The fraction of sp³-hybridized carbons (Fsp3) is 0.0526. The maximum Gasteiger partial charge on any atom is 0.510 e. The van der Waals surface area contributed by atoms with Crippen molar-refractivity contribution in [2.45, 2.75) is 23.0 Å². The molecule has 17 heteroatoms. The van der Waals surface area contributed by atoms with E-state index in [0.717, 1.165) is 28.0 Å². The summed E-state index contributed by atoms with van der Waals surface area (Å²) in [7, 11) is -7.16. The zero-order valence-electron chi connectivity index (χ0n) is 29.4. The summed E-state index contributed by atoms with van der Waals surface area (Å²) in [4.78, 5) is 11.5. The first-order valence-corrected chi connectivity index (χ1v) is 21.1. The van der Waals surface area contributed by atoms with Crippen LogP contribution in [-0.4, -0.2) is 4.92 Å². The molecule has 6 aromatic carbocycles. The van der Waals surface area contributed by atoms with Crippen molar-refractivity contribution in [3.63, 3.8) is 0 Å². The monoisotopic (exact) mass is 821 g/mol. The van der Waals surface area contributed by atoms with Crippen LogP contribution in [0.1, 0.15) is 11.1 Å². The summed E-state index contributed by atoms with van der Waals surface area (Å²) in [5, 5.41) is 20.8. The predicted octanol–water partition coefficient (Wildman–Crippen LogP) is 9.91. The number of nitrogens with two attached hydrogens (primary N) is 4. The summed E-state index contributed by atoms with van der Waals surface area (Å²) < 4.78 is 44.3. The van der Waals surface area contributed by atoms with Gasteiger partial charge in [-0.05, 0) is 77.5 Å². The van der Waals surface area contributed by atoms with Gasteiger partial charge in [0.1, 0.15) is 16.4 Å². The van der Waals surface area contributed by atoms with E-state index in [9.17, 15) is 19.2 Å². The normalized spacial score (nSPS) is 10.5. The van der Waals surface area contributed by atoms with Crippen LogP contribution in [0.3, 0.4) is 0 Å². The van der Waals surface area contributed by atoms with Crippen molar-refractivity contribution in [3.05, 3.63) is 197 Å². The standard InChI is InChI=1S/C14H16NO3P.C12H12NO3P.C6H6N2O2S.C6H7NS/c15-19(16,17-11-13-7-3-1-4-8-13)18-12-14-9-5-2-6-10-14;13-17(14,15-11-7-3-1-4-8-11)16-12-9-5-2-6-10-12;7-11-6-4-2-1-3-5(6)8(9)10;7-8-6-4-2-1-3-5-6/h1-10H,11-12H2,(H2,15,16);1-10H,(H2,13,14);1-4H,7H2;1-5H,7H2. The van der Waals surface area contributed by atoms with E-state index in [1.807, 2.05) is 103 Å². The Balaban J connectivity index is 0.000000207. The summed E-state index contributed by atoms with van der Waals surface area (Å²) in [5.74, 6) is 0.823. The Kier molecular flexibility index (Phi) is 20.0. The molecule has 0 aliphatic carbocycles. The molecule has 6 aromatic rings. The van der Waals surface area contributed by atoms with Crippen LogP contribution in [0.4, 0.5) is 5.69 Å². The highest BCUT2D eigenvalue weighted by Crippen LogP contribution is 2.41. The lowest BCUT2D eigenvalue weighted by atomic mass is 10.2. The van der Waals surface area contributed by atoms with Gasteiger partial charge in [-0.15, -0.1) is 0 Å². The van der Waals surface area contributed by atoms with Crippen LogP contribution in [0.5, 0.6) is 11.5 Å². The number of benzene rings is 6. The van der Waals surface area contributed by atoms with Gasteiger partial charge in [0.15, 0.2) is 0 Å². The topological polar surface area (TPSA) is 218 Å². The number of hydrogen-bond donors (Lipinski definition) is 4. The van der Waals surface area contributed by atoms with E-state index >= 15 is 0 Å². The second-order valence-electron chi connectivity index (χ2n) is 10.7. The van der Waals surface area contributed by atoms with Crippen molar-refractivity contribution in [1.29, 1.82) is 0 Å². The van der Waals surface area contributed by atoms with Gasteiger partial charge in [0.25, 0.3) is 5.69 Å². The van der Waals surface area contributed by atoms with Crippen molar-refractivity contribution < 1.29 is 32.1 Å². The van der Waals surface area contributed by atoms with E-state index in [1.54, 1.807) is 66.7 Å². The van der Waals surface area contributed by atoms with Gasteiger partial charge in [-0.3, -0.25) is 29.4 Å². The minimum atomic E-state index is -3.64. The summed E-state index contributed by atoms with van der Waals surface area (Å²) in [5.41, 5.74) is 12.9. The molecule has 0 saturated heterocycles. The second-order valence-corrected chi connectivity index (χ2v) is 15.1. The number of para-hydroxylation sites is 3. The molecule has 288 valence electrons.